The SMILES string of the molecule is COP(=O)(CC(=O)CC(CO[Si](C)(C)C(C)(C)C)C(=O)CCCO[C@H]1CCCCO1)OC. The summed E-state index contributed by atoms with van der Waals surface area (Å²) in [4.78, 5) is 25.5. The number of rotatable bonds is 15. The minimum atomic E-state index is -3.47. The van der Waals surface area contributed by atoms with Gasteiger partial charge in [-0.2, -0.15) is 0 Å². The third kappa shape index (κ3) is 10.2. The smallest absolute Gasteiger partial charge is 0.337 e. The van der Waals surface area contributed by atoms with Gasteiger partial charge in [0.1, 0.15) is 17.7 Å². The van der Waals surface area contributed by atoms with E-state index in [2.05, 4.69) is 33.9 Å². The number of ether oxygens (including phenoxy) is 2. The Morgan fingerprint density at radius 3 is 2.34 bits per heavy atom. The van der Waals surface area contributed by atoms with E-state index in [1.807, 2.05) is 0 Å². The summed E-state index contributed by atoms with van der Waals surface area (Å²) in [6.45, 7) is 11.9. The van der Waals surface area contributed by atoms with Crippen molar-refractivity contribution in [1.29, 1.82) is 0 Å². The second-order valence-electron chi connectivity index (χ2n) is 9.88. The van der Waals surface area contributed by atoms with Crippen molar-refractivity contribution in [2.24, 2.45) is 5.92 Å². The Labute approximate surface area is 194 Å². The lowest BCUT2D eigenvalue weighted by Gasteiger charge is -2.37. The zero-order valence-electron chi connectivity index (χ0n) is 20.9. The van der Waals surface area contributed by atoms with E-state index < -0.39 is 21.8 Å². The molecule has 1 aliphatic rings. The average Bonchev–Trinajstić information content (AvgIpc) is 2.73. The van der Waals surface area contributed by atoms with Gasteiger partial charge < -0.3 is 22.9 Å². The molecule has 2 atom stereocenters. The fraction of sp³-hybridized carbons (Fsp3) is 0.909. The number of hydrogen-bond acceptors (Lipinski definition) is 8. The van der Waals surface area contributed by atoms with Crippen LogP contribution in [0.25, 0.3) is 0 Å². The van der Waals surface area contributed by atoms with Crippen LogP contribution in [0.3, 0.4) is 0 Å². The van der Waals surface area contributed by atoms with Crippen LogP contribution in [-0.4, -0.2) is 66.4 Å². The van der Waals surface area contributed by atoms with E-state index in [4.69, 9.17) is 22.9 Å². The molecule has 1 rings (SSSR count). The van der Waals surface area contributed by atoms with Gasteiger partial charge in [0.2, 0.25) is 0 Å². The maximum Gasteiger partial charge on any atom is 0.337 e. The van der Waals surface area contributed by atoms with E-state index in [1.165, 1.54) is 14.2 Å². The Hall–Kier alpha value is -0.413. The van der Waals surface area contributed by atoms with Gasteiger partial charge in [-0.3, -0.25) is 14.2 Å². The van der Waals surface area contributed by atoms with Gasteiger partial charge in [-0.15, -0.1) is 0 Å². The number of Topliss-reactive ketones (excluding diaryl/α,β-unsaturated/α-hetero) is 2. The van der Waals surface area contributed by atoms with Crippen molar-refractivity contribution in [1.82, 2.24) is 0 Å². The van der Waals surface area contributed by atoms with E-state index >= 15 is 0 Å². The summed E-state index contributed by atoms with van der Waals surface area (Å²) in [6, 6.07) is 0. The Morgan fingerprint density at radius 1 is 1.16 bits per heavy atom. The van der Waals surface area contributed by atoms with Crippen LogP contribution in [0.2, 0.25) is 18.1 Å². The maximum absolute atomic E-state index is 13.0. The number of hydrogen-bond donors (Lipinski definition) is 0. The van der Waals surface area contributed by atoms with Gasteiger partial charge >= 0.3 is 7.60 Å². The van der Waals surface area contributed by atoms with Gasteiger partial charge in [-0.05, 0) is 43.8 Å². The predicted octanol–water partition coefficient (Wildman–Crippen LogP) is 4.96. The molecule has 1 saturated heterocycles. The Kier molecular flexibility index (Phi) is 12.5. The van der Waals surface area contributed by atoms with Gasteiger partial charge in [-0.25, -0.2) is 0 Å². The maximum atomic E-state index is 13.0. The molecule has 0 aromatic carbocycles. The first kappa shape index (κ1) is 29.6. The van der Waals surface area contributed by atoms with E-state index in [9.17, 15) is 14.2 Å². The van der Waals surface area contributed by atoms with Crippen molar-refractivity contribution in [3.8, 4) is 0 Å². The molecule has 1 heterocycles. The van der Waals surface area contributed by atoms with Gasteiger partial charge in [-0.1, -0.05) is 20.8 Å². The van der Waals surface area contributed by atoms with Crippen LogP contribution in [0.4, 0.5) is 0 Å². The molecule has 0 aromatic rings. The van der Waals surface area contributed by atoms with Crippen molar-refractivity contribution in [2.75, 3.05) is 40.2 Å². The third-order valence-corrected chi connectivity index (χ3v) is 12.7. The Morgan fingerprint density at radius 2 is 1.81 bits per heavy atom. The molecule has 0 bridgehead atoms. The molecular formula is C22H43O8PSi. The number of carbonyl (C=O) groups is 2. The second kappa shape index (κ2) is 13.5. The van der Waals surface area contributed by atoms with Crippen LogP contribution >= 0.6 is 7.60 Å². The van der Waals surface area contributed by atoms with Crippen LogP contribution in [-0.2, 0) is 37.1 Å². The van der Waals surface area contributed by atoms with E-state index in [0.717, 1.165) is 19.3 Å². The molecule has 0 amide bonds. The fourth-order valence-electron chi connectivity index (χ4n) is 3.06. The summed E-state index contributed by atoms with van der Waals surface area (Å²) in [5.74, 6) is -0.972. The summed E-state index contributed by atoms with van der Waals surface area (Å²) in [5.41, 5.74) is 0. The Bertz CT molecular complexity index is 632. The van der Waals surface area contributed by atoms with Crippen LogP contribution in [0.1, 0.15) is 59.3 Å². The molecule has 0 radical (unpaired) electrons. The highest BCUT2D eigenvalue weighted by molar-refractivity contribution is 7.54. The molecule has 1 fully saturated rings. The number of carbonyl (C=O) groups excluding carboxylic acids is 2. The van der Waals surface area contributed by atoms with Gasteiger partial charge in [0.05, 0.1) is 6.61 Å². The molecule has 1 aliphatic heterocycles. The molecule has 0 N–H and O–H groups in total. The van der Waals surface area contributed by atoms with Crippen molar-refractivity contribution in [2.45, 2.75) is 83.7 Å². The first-order valence-electron chi connectivity index (χ1n) is 11.5. The molecule has 0 aliphatic carbocycles. The molecule has 8 nitrogen and oxygen atoms in total. The molecule has 1 unspecified atom stereocenters. The first-order valence-corrected chi connectivity index (χ1v) is 16.1. The second-order valence-corrected chi connectivity index (χ2v) is 17.0. The van der Waals surface area contributed by atoms with Crippen LogP contribution in [0.15, 0.2) is 0 Å². The summed E-state index contributed by atoms with van der Waals surface area (Å²) in [6.07, 6.45) is 3.28. The van der Waals surface area contributed by atoms with Gasteiger partial charge in [0, 0.05) is 46.2 Å². The molecule has 10 heteroatoms. The Balaban J connectivity index is 2.69. The average molecular weight is 495 g/mol. The standard InChI is InChI=1S/C22H43O8PSi/c1-22(2,3)32(6,7)30-16-18(15-19(23)17-31(25,26-4)27-5)20(24)11-10-14-29-21-12-8-9-13-28-21/h18,21H,8-17H2,1-7H3/t18?,21-/m0/s1. The van der Waals surface area contributed by atoms with Gasteiger partial charge in [0.25, 0.3) is 0 Å². The molecule has 32 heavy (non-hydrogen) atoms. The van der Waals surface area contributed by atoms with Crippen LogP contribution < -0.4 is 0 Å². The minimum absolute atomic E-state index is 0.0136. The van der Waals surface area contributed by atoms with Crippen molar-refractivity contribution < 1.29 is 37.1 Å². The minimum Gasteiger partial charge on any atom is -0.416 e. The quantitative estimate of drug-likeness (QED) is 0.179. The summed E-state index contributed by atoms with van der Waals surface area (Å²) in [5, 5.41) is -0.0136. The lowest BCUT2D eigenvalue weighted by molar-refractivity contribution is -0.163. The molecule has 0 spiro atoms. The lowest BCUT2D eigenvalue weighted by atomic mass is 9.96. The normalized spacial score (nSPS) is 19.0. The van der Waals surface area contributed by atoms with E-state index in [0.29, 0.717) is 19.6 Å². The number of ketones is 2. The molecule has 0 aromatic heterocycles. The summed E-state index contributed by atoms with van der Waals surface area (Å²) >= 11 is 0. The van der Waals surface area contributed by atoms with Crippen LogP contribution in [0.5, 0.6) is 0 Å². The zero-order valence-corrected chi connectivity index (χ0v) is 22.8. The van der Waals surface area contributed by atoms with E-state index in [1.54, 1.807) is 0 Å². The van der Waals surface area contributed by atoms with Crippen molar-refractivity contribution in [3.63, 3.8) is 0 Å². The van der Waals surface area contributed by atoms with Crippen LogP contribution in [0, 0.1) is 5.92 Å². The lowest BCUT2D eigenvalue weighted by Crippen LogP contribution is -2.43. The largest absolute Gasteiger partial charge is 0.416 e. The summed E-state index contributed by atoms with van der Waals surface area (Å²) < 4.78 is 39.6. The van der Waals surface area contributed by atoms with E-state index in [-0.39, 0.29) is 48.5 Å². The van der Waals surface area contributed by atoms with Crippen molar-refractivity contribution >= 4 is 27.5 Å². The molecule has 0 saturated carbocycles. The highest BCUT2D eigenvalue weighted by Gasteiger charge is 2.38. The molecule has 188 valence electrons. The monoisotopic (exact) mass is 494 g/mol. The topological polar surface area (TPSA) is 97.4 Å². The zero-order chi connectivity index (χ0) is 24.4. The highest BCUT2D eigenvalue weighted by atomic mass is 31.2. The summed E-state index contributed by atoms with van der Waals surface area (Å²) in [7, 11) is -3.07. The van der Waals surface area contributed by atoms with Crippen molar-refractivity contribution in [3.05, 3.63) is 0 Å². The fourth-order valence-corrected chi connectivity index (χ4v) is 5.08. The first-order chi connectivity index (χ1) is 14.8. The molecular weight excluding hydrogens is 451 g/mol. The third-order valence-electron chi connectivity index (χ3n) is 6.32. The van der Waals surface area contributed by atoms with Gasteiger partial charge in [0.15, 0.2) is 14.6 Å². The highest BCUT2D eigenvalue weighted by Crippen LogP contribution is 2.46. The predicted molar refractivity (Wildman–Crippen MR) is 127 cm³/mol.